The van der Waals surface area contributed by atoms with Crippen molar-refractivity contribution in [3.05, 3.63) is 35.9 Å². The number of aromatic hydroxyl groups is 1. The maximum absolute atomic E-state index is 11.5. The summed E-state index contributed by atoms with van der Waals surface area (Å²) >= 11 is 0. The highest BCUT2D eigenvalue weighted by molar-refractivity contribution is 5.93. The van der Waals surface area contributed by atoms with E-state index in [9.17, 15) is 9.90 Å². The zero-order chi connectivity index (χ0) is 11.4. The fraction of sp³-hybridized carbons (Fsp3) is 0.250. The number of hydrogen-bond acceptors (Lipinski definition) is 3. The van der Waals surface area contributed by atoms with E-state index in [1.807, 2.05) is 0 Å². The molecule has 1 rings (SSSR count). The molecule has 0 amide bonds. The fourth-order valence-corrected chi connectivity index (χ4v) is 1.12. The highest BCUT2D eigenvalue weighted by atomic mass is 16.5. The molecule has 3 nitrogen and oxygen atoms in total. The van der Waals surface area contributed by atoms with Crippen molar-refractivity contribution in [1.82, 2.24) is 0 Å². The molecule has 15 heavy (non-hydrogen) atoms. The summed E-state index contributed by atoms with van der Waals surface area (Å²) in [6.07, 6.45) is 1.40. The van der Waals surface area contributed by atoms with Crippen molar-refractivity contribution >= 4 is 12.0 Å². The van der Waals surface area contributed by atoms with Crippen LogP contribution in [0.1, 0.15) is 29.8 Å². The van der Waals surface area contributed by atoms with Crippen LogP contribution in [0.5, 0.6) is 5.75 Å². The van der Waals surface area contributed by atoms with Crippen molar-refractivity contribution in [3.63, 3.8) is 0 Å². The van der Waals surface area contributed by atoms with Crippen molar-refractivity contribution < 1.29 is 14.6 Å². The van der Waals surface area contributed by atoms with Gasteiger partial charge in [0, 0.05) is 0 Å². The molecular weight excluding hydrogens is 192 g/mol. The molecule has 0 aliphatic carbocycles. The number of phenolic OH excluding ortho intramolecular Hbond substituents is 1. The minimum Gasteiger partial charge on any atom is -0.507 e. The molecule has 0 fully saturated rings. The van der Waals surface area contributed by atoms with Gasteiger partial charge < -0.3 is 9.84 Å². The van der Waals surface area contributed by atoms with Crippen LogP contribution < -0.4 is 0 Å². The minimum absolute atomic E-state index is 0.0775. The topological polar surface area (TPSA) is 46.5 Å². The highest BCUT2D eigenvalue weighted by Crippen LogP contribution is 2.20. The summed E-state index contributed by atoms with van der Waals surface area (Å²) in [4.78, 5) is 11.5. The van der Waals surface area contributed by atoms with E-state index < -0.39 is 5.97 Å². The lowest BCUT2D eigenvalue weighted by atomic mass is 10.1. The zero-order valence-electron chi connectivity index (χ0n) is 8.86. The molecule has 0 radical (unpaired) electrons. The van der Waals surface area contributed by atoms with Crippen LogP contribution in [0, 0.1) is 0 Å². The third-order valence-corrected chi connectivity index (χ3v) is 1.82. The summed E-state index contributed by atoms with van der Waals surface area (Å²) in [5, 5.41) is 9.48. The Labute approximate surface area is 89.0 Å². The van der Waals surface area contributed by atoms with Gasteiger partial charge in [0.05, 0.1) is 6.10 Å². The Balaban J connectivity index is 3.01. The van der Waals surface area contributed by atoms with Gasteiger partial charge >= 0.3 is 5.97 Å². The first-order chi connectivity index (χ1) is 7.04. The number of rotatable bonds is 3. The molecule has 0 unspecified atom stereocenters. The Morgan fingerprint density at radius 1 is 1.53 bits per heavy atom. The monoisotopic (exact) mass is 206 g/mol. The second-order valence-electron chi connectivity index (χ2n) is 3.43. The van der Waals surface area contributed by atoms with Crippen LogP contribution in [0.25, 0.3) is 6.08 Å². The van der Waals surface area contributed by atoms with E-state index in [1.54, 1.807) is 32.1 Å². The normalized spacial score (nSPS) is 10.1. The molecule has 0 spiro atoms. The number of esters is 1. The molecule has 1 N–H and O–H groups in total. The molecule has 3 heteroatoms. The molecule has 80 valence electrons. The van der Waals surface area contributed by atoms with E-state index in [4.69, 9.17) is 4.74 Å². The molecule has 0 bridgehead atoms. The van der Waals surface area contributed by atoms with Gasteiger partial charge in [-0.15, -0.1) is 0 Å². The van der Waals surface area contributed by atoms with Crippen LogP contribution in [0.2, 0.25) is 0 Å². The number of benzene rings is 1. The van der Waals surface area contributed by atoms with E-state index in [0.29, 0.717) is 0 Å². The SMILES string of the molecule is C=Cc1ccc(O)c(C(=O)OC(C)C)c1. The fourth-order valence-electron chi connectivity index (χ4n) is 1.12. The summed E-state index contributed by atoms with van der Waals surface area (Å²) < 4.78 is 4.98. The van der Waals surface area contributed by atoms with Gasteiger partial charge in [0.1, 0.15) is 11.3 Å². The van der Waals surface area contributed by atoms with Crippen LogP contribution in [0.4, 0.5) is 0 Å². The maximum Gasteiger partial charge on any atom is 0.342 e. The third-order valence-electron chi connectivity index (χ3n) is 1.82. The number of phenols is 1. The van der Waals surface area contributed by atoms with Crippen LogP contribution in [0.15, 0.2) is 24.8 Å². The van der Waals surface area contributed by atoms with Crippen molar-refractivity contribution in [2.45, 2.75) is 20.0 Å². The van der Waals surface area contributed by atoms with Crippen LogP contribution >= 0.6 is 0 Å². The van der Waals surface area contributed by atoms with Gasteiger partial charge in [0.15, 0.2) is 0 Å². The van der Waals surface area contributed by atoms with Crippen molar-refractivity contribution in [2.75, 3.05) is 0 Å². The molecule has 0 atom stereocenters. The lowest BCUT2D eigenvalue weighted by molar-refractivity contribution is 0.0374. The third kappa shape index (κ3) is 2.84. The molecule has 1 aromatic rings. The summed E-state index contributed by atoms with van der Waals surface area (Å²) in [6, 6.07) is 4.68. The van der Waals surface area contributed by atoms with E-state index in [0.717, 1.165) is 5.56 Å². The van der Waals surface area contributed by atoms with E-state index >= 15 is 0 Å². The predicted octanol–water partition coefficient (Wildman–Crippen LogP) is 2.60. The average Bonchev–Trinajstić information content (AvgIpc) is 2.17. The van der Waals surface area contributed by atoms with Crippen molar-refractivity contribution in [2.24, 2.45) is 0 Å². The number of hydrogen-bond donors (Lipinski definition) is 1. The number of carbonyl (C=O) groups excluding carboxylic acids is 1. The minimum atomic E-state index is -0.522. The molecule has 0 aliphatic rings. The lowest BCUT2D eigenvalue weighted by Crippen LogP contribution is -2.11. The van der Waals surface area contributed by atoms with Gasteiger partial charge in [0.25, 0.3) is 0 Å². The number of ether oxygens (including phenoxy) is 1. The maximum atomic E-state index is 11.5. The van der Waals surface area contributed by atoms with Crippen LogP contribution in [0.3, 0.4) is 0 Å². The molecule has 0 aliphatic heterocycles. The highest BCUT2D eigenvalue weighted by Gasteiger charge is 2.13. The van der Waals surface area contributed by atoms with Gasteiger partial charge in [-0.1, -0.05) is 18.7 Å². The Hall–Kier alpha value is -1.77. The summed E-state index contributed by atoms with van der Waals surface area (Å²) in [6.45, 7) is 7.10. The molecule has 0 aromatic heterocycles. The smallest absolute Gasteiger partial charge is 0.342 e. The first kappa shape index (κ1) is 11.3. The number of carbonyl (C=O) groups is 1. The second kappa shape index (κ2) is 4.64. The predicted molar refractivity (Wildman–Crippen MR) is 58.7 cm³/mol. The van der Waals surface area contributed by atoms with Crippen LogP contribution in [-0.2, 0) is 4.74 Å². The lowest BCUT2D eigenvalue weighted by Gasteiger charge is -2.09. The van der Waals surface area contributed by atoms with Crippen molar-refractivity contribution in [3.8, 4) is 5.75 Å². The van der Waals surface area contributed by atoms with Crippen LogP contribution in [-0.4, -0.2) is 17.2 Å². The van der Waals surface area contributed by atoms with Gasteiger partial charge in [-0.3, -0.25) is 0 Å². The van der Waals surface area contributed by atoms with Gasteiger partial charge in [-0.05, 0) is 31.5 Å². The summed E-state index contributed by atoms with van der Waals surface area (Å²) in [5.41, 5.74) is 0.935. The first-order valence-corrected chi connectivity index (χ1v) is 4.71. The Bertz CT molecular complexity index is 380. The Kier molecular flexibility index (Phi) is 3.50. The Morgan fingerprint density at radius 2 is 2.20 bits per heavy atom. The van der Waals surface area contributed by atoms with E-state index in [2.05, 4.69) is 6.58 Å². The van der Waals surface area contributed by atoms with Gasteiger partial charge in [-0.2, -0.15) is 0 Å². The largest absolute Gasteiger partial charge is 0.507 e. The molecule has 0 saturated heterocycles. The summed E-state index contributed by atoms with van der Waals surface area (Å²) in [7, 11) is 0. The quantitative estimate of drug-likeness (QED) is 0.773. The average molecular weight is 206 g/mol. The zero-order valence-corrected chi connectivity index (χ0v) is 8.86. The molecule has 0 saturated carbocycles. The first-order valence-electron chi connectivity index (χ1n) is 4.71. The molecule has 1 aromatic carbocycles. The molecular formula is C12H14O3. The summed E-state index contributed by atoms with van der Waals surface area (Å²) in [5.74, 6) is -0.600. The van der Waals surface area contributed by atoms with Gasteiger partial charge in [0.2, 0.25) is 0 Å². The van der Waals surface area contributed by atoms with Crippen molar-refractivity contribution in [1.29, 1.82) is 0 Å². The van der Waals surface area contributed by atoms with Gasteiger partial charge in [-0.25, -0.2) is 4.79 Å². The van der Waals surface area contributed by atoms with E-state index in [-0.39, 0.29) is 17.4 Å². The van der Waals surface area contributed by atoms with E-state index in [1.165, 1.54) is 6.07 Å². The standard InChI is InChI=1S/C12H14O3/c1-4-9-5-6-11(13)10(7-9)12(14)15-8(2)3/h4-8,13H,1H2,2-3H3. The Morgan fingerprint density at radius 3 is 2.73 bits per heavy atom. The molecule has 0 heterocycles. The second-order valence-corrected chi connectivity index (χ2v) is 3.43.